The normalized spacial score (nSPS) is 13.9. The fourth-order valence-corrected chi connectivity index (χ4v) is 3.17. The Kier molecular flexibility index (Phi) is 3.97. The van der Waals surface area contributed by atoms with Crippen LogP contribution in [0.15, 0.2) is 46.9 Å². The standard InChI is InChI=1S/C17H17BrN2O/c18-13-8-6-12(7-9-13)11-20-10-2-4-14-15(17(19)21)3-1-5-16(14)20/h1,3,5-9H,2,4,10-11H2,(H2,19,21). The fourth-order valence-electron chi connectivity index (χ4n) is 2.91. The minimum atomic E-state index is -0.336. The van der Waals surface area contributed by atoms with Gasteiger partial charge in [0.2, 0.25) is 5.91 Å². The predicted molar refractivity (Wildman–Crippen MR) is 88.5 cm³/mol. The number of fused-ring (bicyclic) bond motifs is 1. The Labute approximate surface area is 132 Å². The Hall–Kier alpha value is -1.81. The Balaban J connectivity index is 1.92. The molecule has 1 aliphatic rings. The third-order valence-corrected chi connectivity index (χ3v) is 4.43. The second-order valence-electron chi connectivity index (χ2n) is 5.32. The molecule has 0 aromatic heterocycles. The molecule has 0 bridgehead atoms. The molecule has 0 atom stereocenters. The number of carbonyl (C=O) groups excluding carboxylic acids is 1. The van der Waals surface area contributed by atoms with Crippen molar-refractivity contribution < 1.29 is 4.79 Å². The van der Waals surface area contributed by atoms with Crippen molar-refractivity contribution in [3.63, 3.8) is 0 Å². The van der Waals surface area contributed by atoms with Crippen molar-refractivity contribution >= 4 is 27.5 Å². The van der Waals surface area contributed by atoms with E-state index >= 15 is 0 Å². The highest BCUT2D eigenvalue weighted by molar-refractivity contribution is 9.10. The quantitative estimate of drug-likeness (QED) is 0.926. The summed E-state index contributed by atoms with van der Waals surface area (Å²) in [5, 5.41) is 0. The van der Waals surface area contributed by atoms with Crippen LogP contribution in [-0.2, 0) is 13.0 Å². The van der Waals surface area contributed by atoms with Gasteiger partial charge in [0.25, 0.3) is 0 Å². The lowest BCUT2D eigenvalue weighted by Crippen LogP contribution is -2.30. The molecule has 0 fully saturated rings. The molecule has 0 spiro atoms. The van der Waals surface area contributed by atoms with Crippen molar-refractivity contribution in [2.45, 2.75) is 19.4 Å². The first-order valence-corrected chi connectivity index (χ1v) is 7.85. The number of primary amides is 1. The predicted octanol–water partition coefficient (Wildman–Crippen LogP) is 3.50. The van der Waals surface area contributed by atoms with Crippen LogP contribution in [0, 0.1) is 0 Å². The van der Waals surface area contributed by atoms with Crippen molar-refractivity contribution in [1.82, 2.24) is 0 Å². The Bertz CT molecular complexity index is 667. The molecule has 0 saturated heterocycles. The molecule has 21 heavy (non-hydrogen) atoms. The van der Waals surface area contributed by atoms with Gasteiger partial charge in [0, 0.05) is 28.8 Å². The summed E-state index contributed by atoms with van der Waals surface area (Å²) < 4.78 is 1.08. The number of benzene rings is 2. The van der Waals surface area contributed by atoms with Gasteiger partial charge < -0.3 is 10.6 Å². The average molecular weight is 345 g/mol. The summed E-state index contributed by atoms with van der Waals surface area (Å²) in [5.74, 6) is -0.336. The van der Waals surface area contributed by atoms with Crippen LogP contribution in [0.25, 0.3) is 0 Å². The number of carbonyl (C=O) groups is 1. The Morgan fingerprint density at radius 2 is 1.95 bits per heavy atom. The molecule has 2 aromatic rings. The monoisotopic (exact) mass is 344 g/mol. The Morgan fingerprint density at radius 1 is 1.19 bits per heavy atom. The van der Waals surface area contributed by atoms with E-state index in [9.17, 15) is 4.79 Å². The number of hydrogen-bond acceptors (Lipinski definition) is 2. The van der Waals surface area contributed by atoms with Gasteiger partial charge in [0.1, 0.15) is 0 Å². The van der Waals surface area contributed by atoms with Gasteiger partial charge in [-0.15, -0.1) is 0 Å². The molecule has 0 aliphatic carbocycles. The van der Waals surface area contributed by atoms with Gasteiger partial charge in [-0.2, -0.15) is 0 Å². The molecule has 3 nitrogen and oxygen atoms in total. The summed E-state index contributed by atoms with van der Waals surface area (Å²) in [6.07, 6.45) is 1.97. The highest BCUT2D eigenvalue weighted by Crippen LogP contribution is 2.31. The van der Waals surface area contributed by atoms with E-state index in [0.717, 1.165) is 41.7 Å². The van der Waals surface area contributed by atoms with Crippen LogP contribution in [0.2, 0.25) is 0 Å². The van der Waals surface area contributed by atoms with Gasteiger partial charge in [-0.3, -0.25) is 4.79 Å². The zero-order valence-electron chi connectivity index (χ0n) is 11.7. The number of rotatable bonds is 3. The summed E-state index contributed by atoms with van der Waals surface area (Å²) in [4.78, 5) is 13.9. The molecule has 2 aromatic carbocycles. The van der Waals surface area contributed by atoms with Gasteiger partial charge in [0.15, 0.2) is 0 Å². The second kappa shape index (κ2) is 5.90. The van der Waals surface area contributed by atoms with Crippen LogP contribution in [0.3, 0.4) is 0 Å². The SMILES string of the molecule is NC(=O)c1cccc2c1CCCN2Cc1ccc(Br)cc1. The molecule has 2 N–H and O–H groups in total. The molecule has 4 heteroatoms. The van der Waals surface area contributed by atoms with Crippen LogP contribution < -0.4 is 10.6 Å². The minimum absolute atomic E-state index is 0.336. The van der Waals surface area contributed by atoms with Gasteiger partial charge in [-0.25, -0.2) is 0 Å². The van der Waals surface area contributed by atoms with E-state index in [0.29, 0.717) is 5.56 Å². The maximum atomic E-state index is 11.6. The van der Waals surface area contributed by atoms with Crippen LogP contribution >= 0.6 is 15.9 Å². The molecule has 1 aliphatic heterocycles. The van der Waals surface area contributed by atoms with E-state index in [1.165, 1.54) is 5.56 Å². The summed E-state index contributed by atoms with van der Waals surface area (Å²) >= 11 is 3.46. The molecule has 3 rings (SSSR count). The largest absolute Gasteiger partial charge is 0.367 e. The lowest BCUT2D eigenvalue weighted by Gasteiger charge is -2.32. The van der Waals surface area contributed by atoms with E-state index in [2.05, 4.69) is 51.2 Å². The molecule has 0 unspecified atom stereocenters. The summed E-state index contributed by atoms with van der Waals surface area (Å²) in [5.41, 5.74) is 9.64. The number of hydrogen-bond donors (Lipinski definition) is 1. The summed E-state index contributed by atoms with van der Waals surface area (Å²) in [6.45, 7) is 1.85. The molecule has 0 saturated carbocycles. The van der Waals surface area contributed by atoms with Crippen molar-refractivity contribution in [2.75, 3.05) is 11.4 Å². The topological polar surface area (TPSA) is 46.3 Å². The van der Waals surface area contributed by atoms with E-state index in [1.807, 2.05) is 12.1 Å². The third-order valence-electron chi connectivity index (χ3n) is 3.90. The van der Waals surface area contributed by atoms with Gasteiger partial charge in [0.05, 0.1) is 0 Å². The number of anilines is 1. The van der Waals surface area contributed by atoms with Crippen LogP contribution in [0.1, 0.15) is 27.9 Å². The molecule has 108 valence electrons. The Morgan fingerprint density at radius 3 is 2.67 bits per heavy atom. The van der Waals surface area contributed by atoms with Gasteiger partial charge >= 0.3 is 0 Å². The first kappa shape index (κ1) is 14.1. The molecular formula is C17H17BrN2O. The van der Waals surface area contributed by atoms with Gasteiger partial charge in [-0.05, 0) is 48.2 Å². The average Bonchev–Trinajstić information content (AvgIpc) is 2.49. The summed E-state index contributed by atoms with van der Waals surface area (Å²) in [6, 6.07) is 14.2. The van der Waals surface area contributed by atoms with Crippen LogP contribution in [0.4, 0.5) is 5.69 Å². The molecule has 0 radical (unpaired) electrons. The fraction of sp³-hybridized carbons (Fsp3) is 0.235. The highest BCUT2D eigenvalue weighted by atomic mass is 79.9. The summed E-state index contributed by atoms with van der Waals surface area (Å²) in [7, 11) is 0. The molecule has 1 amide bonds. The number of halogens is 1. The number of nitrogens with zero attached hydrogens (tertiary/aromatic N) is 1. The maximum Gasteiger partial charge on any atom is 0.249 e. The van der Waals surface area contributed by atoms with Crippen molar-refractivity contribution in [3.8, 4) is 0 Å². The number of amides is 1. The second-order valence-corrected chi connectivity index (χ2v) is 6.23. The minimum Gasteiger partial charge on any atom is -0.367 e. The maximum absolute atomic E-state index is 11.6. The van der Waals surface area contributed by atoms with E-state index in [1.54, 1.807) is 0 Å². The zero-order valence-corrected chi connectivity index (χ0v) is 13.3. The lowest BCUT2D eigenvalue weighted by molar-refractivity contribution is 0.0999. The van der Waals surface area contributed by atoms with E-state index in [4.69, 9.17) is 5.73 Å². The van der Waals surface area contributed by atoms with Crippen LogP contribution in [0.5, 0.6) is 0 Å². The van der Waals surface area contributed by atoms with E-state index in [-0.39, 0.29) is 5.91 Å². The third kappa shape index (κ3) is 2.95. The first-order chi connectivity index (χ1) is 10.1. The lowest BCUT2D eigenvalue weighted by atomic mass is 9.95. The highest BCUT2D eigenvalue weighted by Gasteiger charge is 2.21. The smallest absolute Gasteiger partial charge is 0.249 e. The van der Waals surface area contributed by atoms with E-state index < -0.39 is 0 Å². The molecule has 1 heterocycles. The van der Waals surface area contributed by atoms with Crippen molar-refractivity contribution in [3.05, 3.63) is 63.6 Å². The first-order valence-electron chi connectivity index (χ1n) is 7.06. The number of nitrogens with two attached hydrogens (primary N) is 1. The van der Waals surface area contributed by atoms with Crippen molar-refractivity contribution in [1.29, 1.82) is 0 Å². The molecular weight excluding hydrogens is 328 g/mol. The van der Waals surface area contributed by atoms with Crippen molar-refractivity contribution in [2.24, 2.45) is 5.73 Å². The van der Waals surface area contributed by atoms with Gasteiger partial charge in [-0.1, -0.05) is 34.1 Å². The zero-order chi connectivity index (χ0) is 14.8. The van der Waals surface area contributed by atoms with Crippen LogP contribution in [-0.4, -0.2) is 12.5 Å².